The average molecular weight is 505 g/mol. The topological polar surface area (TPSA) is 246 Å². The van der Waals surface area contributed by atoms with Crippen molar-refractivity contribution in [2.45, 2.75) is 83.0 Å². The molecule has 0 radical (unpaired) electrons. The molecule has 3 amide bonds. The lowest BCUT2D eigenvalue weighted by atomic mass is 10.1. The van der Waals surface area contributed by atoms with Crippen molar-refractivity contribution in [3.8, 4) is 0 Å². The van der Waals surface area contributed by atoms with Crippen LogP contribution < -0.4 is 16.0 Å². The van der Waals surface area contributed by atoms with Gasteiger partial charge in [-0.3, -0.25) is 19.2 Å². The highest BCUT2D eigenvalue weighted by Gasteiger charge is 2.29. The lowest BCUT2D eigenvalue weighted by Crippen LogP contribution is -2.52. The summed E-state index contributed by atoms with van der Waals surface area (Å²) in [4.78, 5) is 80.9. The van der Waals surface area contributed by atoms with Gasteiger partial charge in [0.1, 0.15) is 23.7 Å². The van der Waals surface area contributed by atoms with Gasteiger partial charge in [-0.1, -0.05) is 0 Å². The van der Waals surface area contributed by atoms with Gasteiger partial charge in [0.05, 0.1) is 0 Å². The van der Waals surface area contributed by atoms with Gasteiger partial charge in [0, 0.05) is 19.3 Å². The first-order valence-electron chi connectivity index (χ1n) is 10.5. The molecular weight excluding hydrogens is 474 g/mol. The van der Waals surface area contributed by atoms with E-state index in [0.717, 1.165) is 0 Å². The number of nitrogens with one attached hydrogen (secondary N) is 3. The Hall–Kier alpha value is -3.91. The number of carbonyl (C=O) groups excluding carboxylic acids is 3. The van der Waals surface area contributed by atoms with Crippen LogP contribution >= 0.6 is 0 Å². The van der Waals surface area contributed by atoms with Gasteiger partial charge in [0.2, 0.25) is 11.8 Å². The van der Waals surface area contributed by atoms with Gasteiger partial charge in [0.15, 0.2) is 0 Å². The molecule has 0 spiro atoms. The SMILES string of the molecule is CC(C)(C)OC(=O)N[C@@H](CCC(=O)N[C@@H](CCC(=O)O)C(=O)O)C(=O)N[C@@H](CCC(=O)O)C(=O)O. The second-order valence-corrected chi connectivity index (χ2v) is 8.46. The van der Waals surface area contributed by atoms with E-state index < -0.39 is 97.6 Å². The van der Waals surface area contributed by atoms with Crippen molar-refractivity contribution in [1.29, 1.82) is 0 Å². The fraction of sp³-hybridized carbons (Fsp3) is 0.650. The van der Waals surface area contributed by atoms with Gasteiger partial charge >= 0.3 is 30.0 Å². The van der Waals surface area contributed by atoms with E-state index in [1.54, 1.807) is 20.8 Å². The summed E-state index contributed by atoms with van der Waals surface area (Å²) >= 11 is 0. The molecule has 0 aliphatic heterocycles. The number of rotatable bonds is 15. The normalized spacial score (nSPS) is 13.5. The van der Waals surface area contributed by atoms with Crippen molar-refractivity contribution in [3.05, 3.63) is 0 Å². The molecule has 198 valence electrons. The van der Waals surface area contributed by atoms with Gasteiger partial charge in [-0.25, -0.2) is 14.4 Å². The summed E-state index contributed by atoms with van der Waals surface area (Å²) in [6.45, 7) is 4.64. The number of carboxylic acid groups (broad SMARTS) is 4. The molecule has 0 rings (SSSR count). The zero-order valence-corrected chi connectivity index (χ0v) is 19.5. The fourth-order valence-corrected chi connectivity index (χ4v) is 2.58. The Labute approximate surface area is 200 Å². The number of aliphatic carboxylic acids is 4. The largest absolute Gasteiger partial charge is 0.481 e. The predicted molar refractivity (Wildman–Crippen MR) is 115 cm³/mol. The number of hydrogen-bond acceptors (Lipinski definition) is 8. The average Bonchev–Trinajstić information content (AvgIpc) is 2.68. The number of ether oxygens (including phenoxy) is 1. The van der Waals surface area contributed by atoms with Gasteiger partial charge in [0.25, 0.3) is 0 Å². The Morgan fingerprint density at radius 3 is 1.49 bits per heavy atom. The van der Waals surface area contributed by atoms with Gasteiger partial charge < -0.3 is 41.1 Å². The third-order valence-corrected chi connectivity index (χ3v) is 4.21. The molecule has 0 unspecified atom stereocenters. The molecule has 0 aromatic heterocycles. The van der Waals surface area contributed by atoms with Crippen molar-refractivity contribution < 1.29 is 58.7 Å². The van der Waals surface area contributed by atoms with Crippen LogP contribution in [0.1, 0.15) is 59.3 Å². The van der Waals surface area contributed by atoms with Crippen LogP contribution in [0, 0.1) is 0 Å². The molecule has 0 aliphatic rings. The zero-order chi connectivity index (χ0) is 27.3. The van der Waals surface area contributed by atoms with Gasteiger partial charge in [-0.2, -0.15) is 0 Å². The second-order valence-electron chi connectivity index (χ2n) is 8.46. The molecule has 0 saturated heterocycles. The van der Waals surface area contributed by atoms with E-state index in [1.165, 1.54) is 0 Å². The summed E-state index contributed by atoms with van der Waals surface area (Å²) in [5, 5.41) is 42.2. The maximum absolute atomic E-state index is 12.6. The standard InChI is InChI=1S/C20H31N3O12/c1-20(2,3)35-19(34)23-10(16(29)22-12(18(32)33)6-9-15(27)28)4-7-13(24)21-11(17(30)31)5-8-14(25)26/h10-12H,4-9H2,1-3H3,(H,21,24)(H,22,29)(H,23,34)(H,25,26)(H,27,28)(H,30,31)(H,32,33)/t10-,11-,12-/m0/s1. The third-order valence-electron chi connectivity index (χ3n) is 4.21. The minimum absolute atomic E-state index is 0.389. The smallest absolute Gasteiger partial charge is 0.408 e. The highest BCUT2D eigenvalue weighted by Crippen LogP contribution is 2.09. The fourth-order valence-electron chi connectivity index (χ4n) is 2.58. The zero-order valence-electron chi connectivity index (χ0n) is 19.5. The molecule has 7 N–H and O–H groups in total. The molecule has 0 saturated carbocycles. The number of carbonyl (C=O) groups is 7. The Kier molecular flexibility index (Phi) is 12.8. The van der Waals surface area contributed by atoms with E-state index >= 15 is 0 Å². The van der Waals surface area contributed by atoms with Crippen molar-refractivity contribution in [2.75, 3.05) is 0 Å². The molecule has 3 atom stereocenters. The summed E-state index contributed by atoms with van der Waals surface area (Å²) < 4.78 is 5.05. The van der Waals surface area contributed by atoms with Crippen molar-refractivity contribution >= 4 is 41.8 Å². The monoisotopic (exact) mass is 505 g/mol. The third kappa shape index (κ3) is 14.8. The van der Waals surface area contributed by atoms with Crippen LogP contribution in [0.3, 0.4) is 0 Å². The first kappa shape index (κ1) is 31.1. The van der Waals surface area contributed by atoms with Gasteiger partial charge in [-0.05, 0) is 40.0 Å². The van der Waals surface area contributed by atoms with Crippen LogP contribution in [-0.2, 0) is 33.5 Å². The Morgan fingerprint density at radius 1 is 0.657 bits per heavy atom. The van der Waals surface area contributed by atoms with Crippen molar-refractivity contribution in [1.82, 2.24) is 16.0 Å². The number of amides is 3. The molecule has 0 bridgehead atoms. The summed E-state index contributed by atoms with van der Waals surface area (Å²) in [6.07, 6.45) is -3.88. The molecule has 35 heavy (non-hydrogen) atoms. The van der Waals surface area contributed by atoms with E-state index in [1.807, 2.05) is 0 Å². The summed E-state index contributed by atoms with van der Waals surface area (Å²) in [7, 11) is 0. The van der Waals surface area contributed by atoms with E-state index in [-0.39, 0.29) is 6.42 Å². The molecule has 15 heteroatoms. The second kappa shape index (κ2) is 14.4. The van der Waals surface area contributed by atoms with E-state index in [4.69, 9.17) is 20.1 Å². The molecule has 0 aromatic carbocycles. The van der Waals surface area contributed by atoms with E-state index in [0.29, 0.717) is 0 Å². The lowest BCUT2D eigenvalue weighted by Gasteiger charge is -2.24. The van der Waals surface area contributed by atoms with Gasteiger partial charge in [-0.15, -0.1) is 0 Å². The minimum atomic E-state index is -1.59. The summed E-state index contributed by atoms with van der Waals surface area (Å²) in [5.74, 6) is -7.45. The first-order chi connectivity index (χ1) is 16.0. The van der Waals surface area contributed by atoms with E-state index in [2.05, 4.69) is 16.0 Å². The number of carboxylic acids is 4. The van der Waals surface area contributed by atoms with Crippen LogP contribution in [0.25, 0.3) is 0 Å². The van der Waals surface area contributed by atoms with Crippen molar-refractivity contribution in [2.24, 2.45) is 0 Å². The first-order valence-corrected chi connectivity index (χ1v) is 10.5. The molecular formula is C20H31N3O12. The highest BCUT2D eigenvalue weighted by molar-refractivity contribution is 5.90. The van der Waals surface area contributed by atoms with Crippen LogP contribution in [-0.4, -0.2) is 85.9 Å². The molecule has 0 aliphatic carbocycles. The van der Waals surface area contributed by atoms with E-state index in [9.17, 15) is 38.7 Å². The highest BCUT2D eigenvalue weighted by atomic mass is 16.6. The molecule has 0 heterocycles. The number of hydrogen-bond donors (Lipinski definition) is 7. The molecule has 15 nitrogen and oxygen atoms in total. The quantitative estimate of drug-likeness (QED) is 0.149. The Bertz CT molecular complexity index is 821. The van der Waals surface area contributed by atoms with Crippen LogP contribution in [0.4, 0.5) is 4.79 Å². The van der Waals surface area contributed by atoms with Crippen LogP contribution in [0.5, 0.6) is 0 Å². The van der Waals surface area contributed by atoms with Crippen LogP contribution in [0.2, 0.25) is 0 Å². The maximum atomic E-state index is 12.6. The predicted octanol–water partition coefficient (Wildman–Crippen LogP) is -0.472. The van der Waals surface area contributed by atoms with Crippen molar-refractivity contribution in [3.63, 3.8) is 0 Å². The lowest BCUT2D eigenvalue weighted by molar-refractivity contribution is -0.143. The maximum Gasteiger partial charge on any atom is 0.408 e. The summed E-state index contributed by atoms with van der Waals surface area (Å²) in [5.41, 5.74) is -0.952. The summed E-state index contributed by atoms with van der Waals surface area (Å²) in [6, 6.07) is -4.59. The Balaban J connectivity index is 5.37. The molecule has 0 fully saturated rings. The molecule has 0 aromatic rings. The Morgan fingerprint density at radius 2 is 1.09 bits per heavy atom. The number of alkyl carbamates (subject to hydrolysis) is 1. The minimum Gasteiger partial charge on any atom is -0.481 e. The van der Waals surface area contributed by atoms with Crippen LogP contribution in [0.15, 0.2) is 0 Å².